The van der Waals surface area contributed by atoms with Crippen LogP contribution < -0.4 is 16.4 Å². The average molecular weight is 466 g/mol. The lowest BCUT2D eigenvalue weighted by Crippen LogP contribution is -2.74. The molecule has 0 aromatic carbocycles. The molecule has 4 aliphatic rings. The van der Waals surface area contributed by atoms with Crippen molar-refractivity contribution in [2.45, 2.75) is 89.0 Å². The Morgan fingerprint density at radius 2 is 1.94 bits per heavy atom. The van der Waals surface area contributed by atoms with Gasteiger partial charge in [-0.1, -0.05) is 0 Å². The number of nitrogens with two attached hydrogens (primary N) is 1. The van der Waals surface area contributed by atoms with Gasteiger partial charge in [-0.2, -0.15) is 0 Å². The maximum Gasteiger partial charge on any atom is 0.229 e. The third-order valence-corrected chi connectivity index (χ3v) is 8.44. The Hall–Kier alpha value is -1.26. The Labute approximate surface area is 198 Å². The molecule has 4 rings (SSSR count). The molecule has 4 N–H and O–H groups in total. The molecule has 0 radical (unpaired) electrons. The monoisotopic (exact) mass is 465 g/mol. The maximum absolute atomic E-state index is 13.5. The fraction of sp³-hybridized carbons (Fsp3) is 0.917. The van der Waals surface area contributed by atoms with E-state index in [4.69, 9.17) is 15.2 Å². The highest BCUT2D eigenvalue weighted by molar-refractivity contribution is 5.84. The summed E-state index contributed by atoms with van der Waals surface area (Å²) in [6.07, 6.45) is 7.55. The lowest BCUT2D eigenvalue weighted by Gasteiger charge is -2.55. The van der Waals surface area contributed by atoms with Crippen LogP contribution in [-0.4, -0.2) is 86.2 Å². The number of ether oxygens (including phenoxy) is 2. The fourth-order valence-corrected chi connectivity index (χ4v) is 6.57. The van der Waals surface area contributed by atoms with Crippen LogP contribution in [-0.2, 0) is 19.1 Å². The van der Waals surface area contributed by atoms with Gasteiger partial charge in [-0.15, -0.1) is 0 Å². The number of piperidine rings is 2. The second-order valence-electron chi connectivity index (χ2n) is 10.2. The van der Waals surface area contributed by atoms with Gasteiger partial charge in [0.1, 0.15) is 0 Å². The van der Waals surface area contributed by atoms with Crippen LogP contribution in [0.5, 0.6) is 0 Å². The topological polar surface area (TPSA) is 109 Å². The van der Waals surface area contributed by atoms with Crippen LogP contribution in [0.4, 0.5) is 0 Å². The largest absolute Gasteiger partial charge is 0.379 e. The summed E-state index contributed by atoms with van der Waals surface area (Å²) >= 11 is 0. The van der Waals surface area contributed by atoms with Crippen molar-refractivity contribution in [1.29, 1.82) is 0 Å². The molecule has 1 aliphatic carbocycles. The second kappa shape index (κ2) is 11.0. The minimum atomic E-state index is -0.401. The zero-order valence-corrected chi connectivity index (χ0v) is 20.5. The van der Waals surface area contributed by atoms with Gasteiger partial charge in [-0.25, -0.2) is 0 Å². The van der Waals surface area contributed by atoms with Crippen molar-refractivity contribution in [3.8, 4) is 0 Å². The van der Waals surface area contributed by atoms with Crippen LogP contribution in [0.25, 0.3) is 0 Å². The van der Waals surface area contributed by atoms with Crippen molar-refractivity contribution in [3.05, 3.63) is 0 Å². The maximum atomic E-state index is 13.5. The van der Waals surface area contributed by atoms with Gasteiger partial charge in [0.15, 0.2) is 0 Å². The Bertz CT molecular complexity index is 694. The van der Waals surface area contributed by atoms with Crippen LogP contribution in [0.15, 0.2) is 0 Å². The molecule has 0 aromatic rings. The number of nitrogens with one attached hydrogen (secondary N) is 2. The smallest absolute Gasteiger partial charge is 0.229 e. The first kappa shape index (κ1) is 24.9. The molecule has 9 heteroatoms. The summed E-state index contributed by atoms with van der Waals surface area (Å²) in [7, 11) is 3.51. The third-order valence-electron chi connectivity index (χ3n) is 8.44. The minimum Gasteiger partial charge on any atom is -0.379 e. The first-order chi connectivity index (χ1) is 16.0. The number of likely N-dealkylation sites (tertiary alicyclic amines) is 1. The van der Waals surface area contributed by atoms with Gasteiger partial charge in [0.25, 0.3) is 0 Å². The zero-order chi connectivity index (χ0) is 23.5. The van der Waals surface area contributed by atoms with E-state index in [0.717, 1.165) is 58.0 Å². The highest BCUT2D eigenvalue weighted by atomic mass is 16.5. The molecule has 0 spiro atoms. The van der Waals surface area contributed by atoms with Crippen molar-refractivity contribution in [2.75, 3.05) is 33.9 Å². The molecule has 9 nitrogen and oxygen atoms in total. The van der Waals surface area contributed by atoms with Gasteiger partial charge in [0, 0.05) is 33.9 Å². The third kappa shape index (κ3) is 5.07. The summed E-state index contributed by atoms with van der Waals surface area (Å²) in [5.74, 6) is 0.0519. The molecule has 1 saturated carbocycles. The van der Waals surface area contributed by atoms with Crippen molar-refractivity contribution >= 4 is 11.8 Å². The fourth-order valence-electron chi connectivity index (χ4n) is 6.57. The minimum absolute atomic E-state index is 0.0398. The Balaban J connectivity index is 1.49. The van der Waals surface area contributed by atoms with Gasteiger partial charge >= 0.3 is 0 Å². The predicted molar refractivity (Wildman–Crippen MR) is 125 cm³/mol. The zero-order valence-electron chi connectivity index (χ0n) is 20.5. The summed E-state index contributed by atoms with van der Waals surface area (Å²) in [5, 5.41) is 6.70. The molecule has 3 heterocycles. The van der Waals surface area contributed by atoms with Gasteiger partial charge in [-0.3, -0.25) is 19.8 Å². The summed E-state index contributed by atoms with van der Waals surface area (Å²) in [5.41, 5.74) is 6.74. The molecular formula is C24H43N5O4. The van der Waals surface area contributed by atoms with E-state index in [-0.39, 0.29) is 48.2 Å². The Morgan fingerprint density at radius 3 is 2.67 bits per heavy atom. The average Bonchev–Trinajstić information content (AvgIpc) is 2.83. The molecule has 3 aliphatic heterocycles. The molecule has 0 bridgehead atoms. The molecule has 3 saturated heterocycles. The van der Waals surface area contributed by atoms with Gasteiger partial charge in [0.2, 0.25) is 11.8 Å². The number of rotatable bonds is 7. The summed E-state index contributed by atoms with van der Waals surface area (Å²) < 4.78 is 11.3. The summed E-state index contributed by atoms with van der Waals surface area (Å²) in [6, 6.07) is 0. The first-order valence-corrected chi connectivity index (χ1v) is 12.9. The van der Waals surface area contributed by atoms with Crippen LogP contribution in [0.1, 0.15) is 58.3 Å². The van der Waals surface area contributed by atoms with Gasteiger partial charge in [0.05, 0.1) is 42.5 Å². The summed E-state index contributed by atoms with van der Waals surface area (Å²) in [4.78, 5) is 30.6. The van der Waals surface area contributed by atoms with E-state index in [1.165, 1.54) is 0 Å². The molecule has 4 fully saturated rings. The van der Waals surface area contributed by atoms with E-state index in [1.54, 1.807) is 14.2 Å². The number of amides is 2. The number of hydrogen-bond acceptors (Lipinski definition) is 7. The van der Waals surface area contributed by atoms with E-state index in [0.29, 0.717) is 18.9 Å². The standard InChI is InChI=1S/C24H43N5O4/c1-4-26-23(30)16-14-17-22(27-20-7-5-6-11-28(20)24(17)31)29(21(16)25)12-10-15-8-9-18(32-2)19(13-15)33-3/h15-22,27H,4-14,25H2,1-3H3,(H,26,30). The molecule has 8 atom stereocenters. The quantitative estimate of drug-likeness (QED) is 0.511. The van der Waals surface area contributed by atoms with Crippen molar-refractivity contribution in [1.82, 2.24) is 20.4 Å². The van der Waals surface area contributed by atoms with E-state index in [1.807, 2.05) is 11.8 Å². The lowest BCUT2D eigenvalue weighted by molar-refractivity contribution is -0.162. The molecule has 8 unspecified atom stereocenters. The first-order valence-electron chi connectivity index (χ1n) is 12.9. The van der Waals surface area contributed by atoms with Crippen molar-refractivity contribution in [3.63, 3.8) is 0 Å². The van der Waals surface area contributed by atoms with Crippen LogP contribution in [0.3, 0.4) is 0 Å². The number of fused-ring (bicyclic) bond motifs is 2. The normalized spacial score (nSPS) is 39.6. The molecule has 2 amide bonds. The van der Waals surface area contributed by atoms with Crippen molar-refractivity contribution in [2.24, 2.45) is 23.5 Å². The molecule has 0 aromatic heterocycles. The number of carbonyl (C=O) groups is 2. The van der Waals surface area contributed by atoms with Crippen LogP contribution >= 0.6 is 0 Å². The Kier molecular flexibility index (Phi) is 8.28. The number of nitrogens with zero attached hydrogens (tertiary/aromatic N) is 2. The van der Waals surface area contributed by atoms with Gasteiger partial charge in [-0.05, 0) is 64.2 Å². The number of carbonyl (C=O) groups excluding carboxylic acids is 2. The van der Waals surface area contributed by atoms with E-state index in [2.05, 4.69) is 15.5 Å². The van der Waals surface area contributed by atoms with E-state index >= 15 is 0 Å². The molecular weight excluding hydrogens is 422 g/mol. The molecule has 188 valence electrons. The van der Waals surface area contributed by atoms with Crippen LogP contribution in [0, 0.1) is 17.8 Å². The van der Waals surface area contributed by atoms with E-state index in [9.17, 15) is 9.59 Å². The number of hydrogen-bond donors (Lipinski definition) is 3. The highest BCUT2D eigenvalue weighted by Gasteiger charge is 2.52. The van der Waals surface area contributed by atoms with Gasteiger partial charge < -0.3 is 25.4 Å². The predicted octanol–water partition coefficient (Wildman–Crippen LogP) is 0.834. The van der Waals surface area contributed by atoms with Crippen molar-refractivity contribution < 1.29 is 19.1 Å². The second-order valence-corrected chi connectivity index (χ2v) is 10.2. The van der Waals surface area contributed by atoms with Crippen LogP contribution in [0.2, 0.25) is 0 Å². The highest BCUT2D eigenvalue weighted by Crippen LogP contribution is 2.37. The Morgan fingerprint density at radius 1 is 1.15 bits per heavy atom. The molecule has 33 heavy (non-hydrogen) atoms. The SMILES string of the molecule is CCNC(=O)C1CC2C(=O)N3CCCCC3NC2N(CCC2CCC(OC)C(OC)C2)C1N. The number of methoxy groups -OCH3 is 2. The van der Waals surface area contributed by atoms with E-state index < -0.39 is 6.17 Å². The lowest BCUT2D eigenvalue weighted by atomic mass is 9.79. The summed E-state index contributed by atoms with van der Waals surface area (Å²) in [6.45, 7) is 4.06.